The van der Waals surface area contributed by atoms with E-state index in [1.165, 1.54) is 30.6 Å². The predicted molar refractivity (Wildman–Crippen MR) is 71.9 cm³/mol. The van der Waals surface area contributed by atoms with Gasteiger partial charge in [0.1, 0.15) is 0 Å². The molecule has 1 aromatic rings. The highest BCUT2D eigenvalue weighted by Gasteiger charge is 2.23. The molecule has 0 saturated heterocycles. The second-order valence-electron chi connectivity index (χ2n) is 5.44. The standard InChI is InChI=1S/C13H20N2O2S/c1-8-3-9(2)5-10(4-8)14-6-11-7-18-12(15-11)13(16)17/h7-10,14H,3-6H2,1-2H3,(H,16,17). The summed E-state index contributed by atoms with van der Waals surface area (Å²) in [5.41, 5.74) is 0.836. The van der Waals surface area contributed by atoms with Crippen molar-refractivity contribution in [3.05, 3.63) is 16.1 Å². The van der Waals surface area contributed by atoms with Gasteiger partial charge in [0.2, 0.25) is 5.01 Å². The molecule has 0 amide bonds. The van der Waals surface area contributed by atoms with Crippen LogP contribution in [0.25, 0.3) is 0 Å². The molecule has 1 fully saturated rings. The normalized spacial score (nSPS) is 28.2. The molecule has 2 atom stereocenters. The third kappa shape index (κ3) is 3.53. The number of thiazole rings is 1. The molecule has 100 valence electrons. The fourth-order valence-electron chi connectivity index (χ4n) is 2.85. The van der Waals surface area contributed by atoms with Crippen LogP contribution in [0.3, 0.4) is 0 Å². The summed E-state index contributed by atoms with van der Waals surface area (Å²) in [6.07, 6.45) is 3.73. The Labute approximate surface area is 111 Å². The van der Waals surface area contributed by atoms with Gasteiger partial charge in [0, 0.05) is 18.0 Å². The van der Waals surface area contributed by atoms with Crippen molar-refractivity contribution in [2.45, 2.75) is 45.7 Å². The number of hydrogen-bond donors (Lipinski definition) is 2. The first-order chi connectivity index (χ1) is 8.54. The smallest absolute Gasteiger partial charge is 0.365 e. The Hall–Kier alpha value is -0.940. The lowest BCUT2D eigenvalue weighted by Gasteiger charge is -2.31. The molecule has 18 heavy (non-hydrogen) atoms. The fourth-order valence-corrected chi connectivity index (χ4v) is 3.50. The van der Waals surface area contributed by atoms with Gasteiger partial charge in [-0.25, -0.2) is 9.78 Å². The minimum absolute atomic E-state index is 0.178. The monoisotopic (exact) mass is 268 g/mol. The average molecular weight is 268 g/mol. The maximum atomic E-state index is 10.7. The van der Waals surface area contributed by atoms with Crippen LogP contribution >= 0.6 is 11.3 Å². The van der Waals surface area contributed by atoms with Gasteiger partial charge in [-0.05, 0) is 31.1 Å². The summed E-state index contributed by atoms with van der Waals surface area (Å²) in [7, 11) is 0. The zero-order valence-corrected chi connectivity index (χ0v) is 11.7. The van der Waals surface area contributed by atoms with Gasteiger partial charge < -0.3 is 10.4 Å². The van der Waals surface area contributed by atoms with E-state index in [1.807, 2.05) is 5.38 Å². The van der Waals surface area contributed by atoms with E-state index in [0.29, 0.717) is 12.6 Å². The number of carboxylic acid groups (broad SMARTS) is 1. The maximum absolute atomic E-state index is 10.7. The molecule has 4 nitrogen and oxygen atoms in total. The molecular weight excluding hydrogens is 248 g/mol. The van der Waals surface area contributed by atoms with Crippen LogP contribution in [0.2, 0.25) is 0 Å². The Bertz CT molecular complexity index is 409. The van der Waals surface area contributed by atoms with Gasteiger partial charge in [0.25, 0.3) is 0 Å². The van der Waals surface area contributed by atoms with E-state index in [1.54, 1.807) is 0 Å². The largest absolute Gasteiger partial charge is 0.476 e. The molecule has 5 heteroatoms. The van der Waals surface area contributed by atoms with Crippen LogP contribution in [0.4, 0.5) is 0 Å². The molecule has 1 aliphatic carbocycles. The van der Waals surface area contributed by atoms with Gasteiger partial charge in [0.15, 0.2) is 0 Å². The molecule has 1 aromatic heterocycles. The van der Waals surface area contributed by atoms with Crippen molar-refractivity contribution >= 4 is 17.3 Å². The van der Waals surface area contributed by atoms with E-state index in [2.05, 4.69) is 24.1 Å². The summed E-state index contributed by atoms with van der Waals surface area (Å²) < 4.78 is 0. The molecule has 0 aliphatic heterocycles. The number of aromatic carboxylic acids is 1. The lowest BCUT2D eigenvalue weighted by atomic mass is 9.80. The number of hydrogen-bond acceptors (Lipinski definition) is 4. The number of carbonyl (C=O) groups is 1. The van der Waals surface area contributed by atoms with Crippen molar-refractivity contribution in [3.63, 3.8) is 0 Å². The third-order valence-electron chi connectivity index (χ3n) is 3.49. The average Bonchev–Trinajstić information content (AvgIpc) is 2.73. The van der Waals surface area contributed by atoms with Crippen LogP contribution < -0.4 is 5.32 Å². The molecule has 1 aliphatic rings. The highest BCUT2D eigenvalue weighted by Crippen LogP contribution is 2.28. The van der Waals surface area contributed by atoms with Crippen molar-refractivity contribution in [3.8, 4) is 0 Å². The Kier molecular flexibility index (Phi) is 4.35. The van der Waals surface area contributed by atoms with E-state index in [9.17, 15) is 4.79 Å². The summed E-state index contributed by atoms with van der Waals surface area (Å²) in [4.78, 5) is 14.8. The quantitative estimate of drug-likeness (QED) is 0.881. The summed E-state index contributed by atoms with van der Waals surface area (Å²) in [5.74, 6) is 0.610. The third-order valence-corrected chi connectivity index (χ3v) is 4.36. The number of rotatable bonds is 4. The predicted octanol–water partition coefficient (Wildman–Crippen LogP) is 2.76. The second kappa shape index (κ2) is 5.80. The molecule has 0 bridgehead atoms. The molecule has 2 rings (SSSR count). The highest BCUT2D eigenvalue weighted by molar-refractivity contribution is 7.11. The Morgan fingerprint density at radius 2 is 2.11 bits per heavy atom. The number of nitrogens with one attached hydrogen (secondary N) is 1. The van der Waals surface area contributed by atoms with Crippen molar-refractivity contribution in [2.75, 3.05) is 0 Å². The molecular formula is C13H20N2O2S. The molecule has 1 heterocycles. The van der Waals surface area contributed by atoms with Crippen molar-refractivity contribution < 1.29 is 9.90 Å². The molecule has 1 saturated carbocycles. The fraction of sp³-hybridized carbons (Fsp3) is 0.692. The number of carboxylic acids is 1. The SMILES string of the molecule is CC1CC(C)CC(NCc2csc(C(=O)O)n2)C1. The first-order valence-corrected chi connectivity index (χ1v) is 7.33. The van der Waals surface area contributed by atoms with Gasteiger partial charge in [-0.1, -0.05) is 13.8 Å². The van der Waals surface area contributed by atoms with Crippen LogP contribution in [0.1, 0.15) is 48.6 Å². The van der Waals surface area contributed by atoms with E-state index < -0.39 is 5.97 Å². The van der Waals surface area contributed by atoms with Gasteiger partial charge in [-0.3, -0.25) is 0 Å². The van der Waals surface area contributed by atoms with Gasteiger partial charge in [0.05, 0.1) is 5.69 Å². The van der Waals surface area contributed by atoms with Crippen LogP contribution in [0.15, 0.2) is 5.38 Å². The summed E-state index contributed by atoms with van der Waals surface area (Å²) in [6.45, 7) is 5.28. The lowest BCUT2D eigenvalue weighted by Crippen LogP contribution is -2.36. The molecule has 0 spiro atoms. The molecule has 0 radical (unpaired) electrons. The van der Waals surface area contributed by atoms with Crippen molar-refractivity contribution in [1.29, 1.82) is 0 Å². The van der Waals surface area contributed by atoms with E-state index in [-0.39, 0.29) is 5.01 Å². The lowest BCUT2D eigenvalue weighted by molar-refractivity contribution is 0.0696. The second-order valence-corrected chi connectivity index (χ2v) is 6.30. The molecule has 0 aromatic carbocycles. The minimum atomic E-state index is -0.939. The van der Waals surface area contributed by atoms with Crippen molar-refractivity contribution in [1.82, 2.24) is 10.3 Å². The van der Waals surface area contributed by atoms with Gasteiger partial charge in [-0.15, -0.1) is 11.3 Å². The Morgan fingerprint density at radius 3 is 2.67 bits per heavy atom. The minimum Gasteiger partial charge on any atom is -0.476 e. The van der Waals surface area contributed by atoms with E-state index in [4.69, 9.17) is 5.11 Å². The summed E-state index contributed by atoms with van der Waals surface area (Å²) in [5, 5.41) is 14.3. The summed E-state index contributed by atoms with van der Waals surface area (Å²) in [6, 6.07) is 0.540. The van der Waals surface area contributed by atoms with Crippen LogP contribution in [-0.4, -0.2) is 22.1 Å². The number of nitrogens with zero attached hydrogens (tertiary/aromatic N) is 1. The zero-order valence-electron chi connectivity index (χ0n) is 10.8. The zero-order chi connectivity index (χ0) is 13.1. The first-order valence-electron chi connectivity index (χ1n) is 6.45. The van der Waals surface area contributed by atoms with Gasteiger partial charge >= 0.3 is 5.97 Å². The topological polar surface area (TPSA) is 62.2 Å². The van der Waals surface area contributed by atoms with Crippen molar-refractivity contribution in [2.24, 2.45) is 11.8 Å². The highest BCUT2D eigenvalue weighted by atomic mass is 32.1. The van der Waals surface area contributed by atoms with Crippen LogP contribution in [0.5, 0.6) is 0 Å². The van der Waals surface area contributed by atoms with E-state index in [0.717, 1.165) is 17.5 Å². The van der Waals surface area contributed by atoms with Crippen LogP contribution in [-0.2, 0) is 6.54 Å². The van der Waals surface area contributed by atoms with Crippen LogP contribution in [0, 0.1) is 11.8 Å². The Balaban J connectivity index is 1.85. The Morgan fingerprint density at radius 1 is 1.44 bits per heavy atom. The van der Waals surface area contributed by atoms with E-state index >= 15 is 0 Å². The first kappa shape index (κ1) is 13.5. The van der Waals surface area contributed by atoms with Gasteiger partial charge in [-0.2, -0.15) is 0 Å². The molecule has 2 unspecified atom stereocenters. The maximum Gasteiger partial charge on any atom is 0.365 e. The molecule has 2 N–H and O–H groups in total. The number of aromatic nitrogens is 1. The summed E-state index contributed by atoms with van der Waals surface area (Å²) >= 11 is 1.19.